The molecule has 1 aromatic rings. The van der Waals surface area contributed by atoms with Crippen molar-refractivity contribution in [3.63, 3.8) is 0 Å². The standard InChI is InChI=1S/C18H28N2O3.ClH/c1-13(15-5-4-8-19-12-15)9-18(21)20-11-14-6-7-16(22-2)17(10-14)23-3;/h6-7,10,13,15,19H,4-5,8-9,11-12H2,1-3H3,(H,20,21);1H. The molecule has 2 N–H and O–H groups in total. The first-order valence-corrected chi connectivity index (χ1v) is 8.32. The SMILES string of the molecule is COc1ccc(CNC(=O)CC(C)C2CCCNC2)cc1OC.Cl. The Balaban J connectivity index is 0.00000288. The van der Waals surface area contributed by atoms with E-state index in [1.54, 1.807) is 14.2 Å². The second-order valence-corrected chi connectivity index (χ2v) is 6.25. The van der Waals surface area contributed by atoms with Crippen molar-refractivity contribution in [3.05, 3.63) is 23.8 Å². The number of hydrogen-bond donors (Lipinski definition) is 2. The van der Waals surface area contributed by atoms with E-state index in [2.05, 4.69) is 17.6 Å². The van der Waals surface area contributed by atoms with Gasteiger partial charge in [0.1, 0.15) is 0 Å². The minimum absolute atomic E-state index is 0. The molecule has 0 aromatic heterocycles. The zero-order valence-electron chi connectivity index (χ0n) is 14.8. The minimum Gasteiger partial charge on any atom is -0.493 e. The predicted octanol–water partition coefficient (Wildman–Crippen LogP) is 2.77. The zero-order chi connectivity index (χ0) is 16.7. The molecule has 136 valence electrons. The normalized spacial score (nSPS) is 18.2. The van der Waals surface area contributed by atoms with E-state index in [-0.39, 0.29) is 18.3 Å². The number of carbonyl (C=O) groups is 1. The fourth-order valence-electron chi connectivity index (χ4n) is 3.09. The lowest BCUT2D eigenvalue weighted by Crippen LogP contribution is -2.35. The summed E-state index contributed by atoms with van der Waals surface area (Å²) in [5.41, 5.74) is 1.00. The van der Waals surface area contributed by atoms with Crippen LogP contribution in [0.15, 0.2) is 18.2 Å². The number of nitrogens with one attached hydrogen (secondary N) is 2. The monoisotopic (exact) mass is 356 g/mol. The van der Waals surface area contributed by atoms with Gasteiger partial charge in [0, 0.05) is 13.0 Å². The van der Waals surface area contributed by atoms with E-state index in [1.165, 1.54) is 12.8 Å². The van der Waals surface area contributed by atoms with Crippen LogP contribution in [-0.2, 0) is 11.3 Å². The summed E-state index contributed by atoms with van der Waals surface area (Å²) in [6.07, 6.45) is 3.01. The van der Waals surface area contributed by atoms with Gasteiger partial charge in [-0.3, -0.25) is 4.79 Å². The van der Waals surface area contributed by atoms with Crippen LogP contribution in [0.5, 0.6) is 11.5 Å². The number of carbonyl (C=O) groups excluding carboxylic acids is 1. The highest BCUT2D eigenvalue weighted by molar-refractivity contribution is 5.85. The Morgan fingerprint density at radius 2 is 2.08 bits per heavy atom. The molecule has 2 unspecified atom stereocenters. The van der Waals surface area contributed by atoms with Crippen LogP contribution in [0.3, 0.4) is 0 Å². The molecular weight excluding hydrogens is 328 g/mol. The molecule has 2 rings (SSSR count). The maximum absolute atomic E-state index is 12.2. The molecule has 5 nitrogen and oxygen atoms in total. The highest BCUT2D eigenvalue weighted by Crippen LogP contribution is 2.27. The van der Waals surface area contributed by atoms with Crippen LogP contribution in [0.25, 0.3) is 0 Å². The first-order valence-electron chi connectivity index (χ1n) is 8.32. The van der Waals surface area contributed by atoms with Gasteiger partial charge in [-0.15, -0.1) is 12.4 Å². The number of halogens is 1. The smallest absolute Gasteiger partial charge is 0.220 e. The van der Waals surface area contributed by atoms with E-state index in [9.17, 15) is 4.79 Å². The molecule has 1 fully saturated rings. The molecule has 6 heteroatoms. The molecule has 2 atom stereocenters. The number of ether oxygens (including phenoxy) is 2. The molecule has 1 saturated heterocycles. The lowest BCUT2D eigenvalue weighted by molar-refractivity contribution is -0.122. The third-order valence-electron chi connectivity index (χ3n) is 4.58. The molecular formula is C18H29ClN2O3. The zero-order valence-corrected chi connectivity index (χ0v) is 15.6. The molecule has 1 aromatic carbocycles. The second-order valence-electron chi connectivity index (χ2n) is 6.25. The molecule has 1 heterocycles. The quantitative estimate of drug-likeness (QED) is 0.788. The summed E-state index contributed by atoms with van der Waals surface area (Å²) in [7, 11) is 3.22. The summed E-state index contributed by atoms with van der Waals surface area (Å²) in [5.74, 6) is 2.50. The van der Waals surface area contributed by atoms with Crippen LogP contribution < -0.4 is 20.1 Å². The van der Waals surface area contributed by atoms with Crippen LogP contribution in [0.4, 0.5) is 0 Å². The summed E-state index contributed by atoms with van der Waals surface area (Å²) in [5, 5.41) is 6.41. The average molecular weight is 357 g/mol. The average Bonchev–Trinajstić information content (AvgIpc) is 2.60. The molecule has 0 saturated carbocycles. The fourth-order valence-corrected chi connectivity index (χ4v) is 3.09. The van der Waals surface area contributed by atoms with Crippen LogP contribution in [0, 0.1) is 11.8 Å². The molecule has 24 heavy (non-hydrogen) atoms. The number of piperidine rings is 1. The van der Waals surface area contributed by atoms with Crippen molar-refractivity contribution >= 4 is 18.3 Å². The van der Waals surface area contributed by atoms with Crippen molar-refractivity contribution in [2.75, 3.05) is 27.3 Å². The lowest BCUT2D eigenvalue weighted by atomic mass is 9.85. The number of methoxy groups -OCH3 is 2. The van der Waals surface area contributed by atoms with Crippen molar-refractivity contribution < 1.29 is 14.3 Å². The van der Waals surface area contributed by atoms with Gasteiger partial charge in [-0.1, -0.05) is 13.0 Å². The molecule has 0 spiro atoms. The summed E-state index contributed by atoms with van der Waals surface area (Å²) in [4.78, 5) is 12.2. The third-order valence-corrected chi connectivity index (χ3v) is 4.58. The van der Waals surface area contributed by atoms with Gasteiger partial charge in [0.15, 0.2) is 11.5 Å². The molecule has 0 aliphatic carbocycles. The molecule has 0 radical (unpaired) electrons. The van der Waals surface area contributed by atoms with Crippen molar-refractivity contribution in [3.8, 4) is 11.5 Å². The Morgan fingerprint density at radius 3 is 2.71 bits per heavy atom. The van der Waals surface area contributed by atoms with Crippen molar-refractivity contribution in [2.24, 2.45) is 11.8 Å². The topological polar surface area (TPSA) is 59.6 Å². The van der Waals surface area contributed by atoms with E-state index < -0.39 is 0 Å². The van der Waals surface area contributed by atoms with Crippen LogP contribution >= 0.6 is 12.4 Å². The lowest BCUT2D eigenvalue weighted by Gasteiger charge is -2.28. The molecule has 1 aliphatic rings. The van der Waals surface area contributed by atoms with E-state index in [1.807, 2.05) is 18.2 Å². The Kier molecular flexibility index (Phi) is 8.93. The Morgan fingerprint density at radius 1 is 1.33 bits per heavy atom. The second kappa shape index (κ2) is 10.4. The first kappa shape index (κ1) is 20.6. The van der Waals surface area contributed by atoms with Crippen molar-refractivity contribution in [2.45, 2.75) is 32.7 Å². The largest absolute Gasteiger partial charge is 0.493 e. The number of hydrogen-bond acceptors (Lipinski definition) is 4. The van der Waals surface area contributed by atoms with Gasteiger partial charge in [-0.2, -0.15) is 0 Å². The van der Waals surface area contributed by atoms with Crippen molar-refractivity contribution in [1.29, 1.82) is 0 Å². The van der Waals surface area contributed by atoms with Crippen LogP contribution in [0.1, 0.15) is 31.7 Å². The van der Waals surface area contributed by atoms with Gasteiger partial charge >= 0.3 is 0 Å². The number of benzene rings is 1. The fraction of sp³-hybridized carbons (Fsp3) is 0.611. The maximum atomic E-state index is 12.2. The summed E-state index contributed by atoms with van der Waals surface area (Å²) >= 11 is 0. The van der Waals surface area contributed by atoms with E-state index in [0.29, 0.717) is 36.3 Å². The number of amides is 1. The first-order chi connectivity index (χ1) is 11.1. The Bertz CT molecular complexity index is 519. The predicted molar refractivity (Wildman–Crippen MR) is 98.0 cm³/mol. The van der Waals surface area contributed by atoms with E-state index in [0.717, 1.165) is 18.7 Å². The van der Waals surface area contributed by atoms with Gasteiger partial charge in [-0.05, 0) is 55.5 Å². The third kappa shape index (κ3) is 5.87. The van der Waals surface area contributed by atoms with Gasteiger partial charge in [0.05, 0.1) is 14.2 Å². The molecule has 1 aliphatic heterocycles. The summed E-state index contributed by atoms with van der Waals surface area (Å²) < 4.78 is 10.5. The van der Waals surface area contributed by atoms with Gasteiger partial charge in [0.2, 0.25) is 5.91 Å². The van der Waals surface area contributed by atoms with Gasteiger partial charge < -0.3 is 20.1 Å². The minimum atomic E-state index is 0. The summed E-state index contributed by atoms with van der Waals surface area (Å²) in [6, 6.07) is 5.69. The number of rotatable bonds is 7. The summed E-state index contributed by atoms with van der Waals surface area (Å²) in [6.45, 7) is 4.82. The van der Waals surface area contributed by atoms with E-state index in [4.69, 9.17) is 9.47 Å². The molecule has 0 bridgehead atoms. The Hall–Kier alpha value is -1.46. The van der Waals surface area contributed by atoms with Gasteiger partial charge in [-0.25, -0.2) is 0 Å². The maximum Gasteiger partial charge on any atom is 0.220 e. The van der Waals surface area contributed by atoms with Crippen molar-refractivity contribution in [1.82, 2.24) is 10.6 Å². The highest BCUT2D eigenvalue weighted by Gasteiger charge is 2.21. The van der Waals surface area contributed by atoms with Crippen LogP contribution in [0.2, 0.25) is 0 Å². The van der Waals surface area contributed by atoms with E-state index >= 15 is 0 Å². The Labute approximate surface area is 150 Å². The highest BCUT2D eigenvalue weighted by atomic mass is 35.5. The van der Waals surface area contributed by atoms with Gasteiger partial charge in [0.25, 0.3) is 0 Å². The molecule has 1 amide bonds. The van der Waals surface area contributed by atoms with Crippen LogP contribution in [-0.4, -0.2) is 33.2 Å².